The summed E-state index contributed by atoms with van der Waals surface area (Å²) in [6.07, 6.45) is 4.17. The van der Waals surface area contributed by atoms with Crippen LogP contribution in [0.2, 0.25) is 0 Å². The first-order valence-corrected chi connectivity index (χ1v) is 7.64. The normalized spacial score (nSPS) is 29.6. The van der Waals surface area contributed by atoms with Gasteiger partial charge in [-0.3, -0.25) is 4.98 Å². The van der Waals surface area contributed by atoms with Crippen LogP contribution in [0.25, 0.3) is 11.1 Å². The summed E-state index contributed by atoms with van der Waals surface area (Å²) in [6, 6.07) is 6.50. The molecule has 2 aliphatic rings. The van der Waals surface area contributed by atoms with Crippen molar-refractivity contribution in [2.45, 2.75) is 32.2 Å². The minimum Gasteiger partial charge on any atom is -0.408 e. The summed E-state index contributed by atoms with van der Waals surface area (Å²) in [5, 5.41) is 3.63. The lowest BCUT2D eigenvalue weighted by molar-refractivity contribution is 0.425. The zero-order chi connectivity index (χ0) is 13.7. The Morgan fingerprint density at radius 3 is 2.95 bits per heavy atom. The van der Waals surface area contributed by atoms with Crippen LogP contribution in [0.3, 0.4) is 0 Å². The lowest BCUT2D eigenvalue weighted by Gasteiger charge is -2.20. The molecule has 2 N–H and O–H groups in total. The fraction of sp³-hybridized carbons (Fsp3) is 0.562. The molecule has 0 aliphatic heterocycles. The van der Waals surface area contributed by atoms with Gasteiger partial charge < -0.3 is 9.73 Å². The Bertz CT molecular complexity index is 677. The summed E-state index contributed by atoms with van der Waals surface area (Å²) < 4.78 is 5.19. The molecule has 2 saturated carbocycles. The number of oxazole rings is 1. The molecule has 2 aliphatic carbocycles. The molecule has 3 unspecified atom stereocenters. The van der Waals surface area contributed by atoms with Crippen LogP contribution in [0.4, 0.5) is 0 Å². The fourth-order valence-corrected chi connectivity index (χ4v) is 4.22. The number of aromatic amines is 1. The number of hydrogen-bond acceptors (Lipinski definition) is 3. The van der Waals surface area contributed by atoms with Crippen molar-refractivity contribution in [2.24, 2.45) is 17.8 Å². The molecular weight excluding hydrogens is 252 g/mol. The second kappa shape index (κ2) is 4.48. The molecule has 4 nitrogen and oxygen atoms in total. The van der Waals surface area contributed by atoms with Crippen LogP contribution in [0, 0.1) is 17.8 Å². The van der Waals surface area contributed by atoms with Crippen LogP contribution < -0.4 is 11.1 Å². The van der Waals surface area contributed by atoms with E-state index >= 15 is 0 Å². The lowest BCUT2D eigenvalue weighted by atomic mass is 9.96. The number of benzene rings is 1. The first kappa shape index (κ1) is 12.2. The Hall–Kier alpha value is -1.55. The molecule has 2 fully saturated rings. The van der Waals surface area contributed by atoms with E-state index in [9.17, 15) is 4.79 Å². The van der Waals surface area contributed by atoms with E-state index in [0.29, 0.717) is 11.6 Å². The van der Waals surface area contributed by atoms with E-state index in [1.165, 1.54) is 24.8 Å². The minimum absolute atomic E-state index is 0.375. The third-order valence-corrected chi connectivity index (χ3v) is 5.09. The fourth-order valence-electron chi connectivity index (χ4n) is 4.22. The largest absolute Gasteiger partial charge is 0.417 e. The molecule has 1 heterocycles. The highest BCUT2D eigenvalue weighted by Crippen LogP contribution is 2.62. The Morgan fingerprint density at radius 2 is 2.20 bits per heavy atom. The number of rotatable bonds is 4. The van der Waals surface area contributed by atoms with Crippen LogP contribution in [-0.2, 0) is 0 Å². The molecule has 2 aromatic rings. The van der Waals surface area contributed by atoms with Crippen LogP contribution in [0.1, 0.15) is 37.8 Å². The standard InChI is InChI=1S/C16H20N2O2/c1-2-17-15(14-10-4-3-5-11(10)14)9-6-7-12-13(8-9)20-16(19)18-12/h6-8,10-11,14-15,17H,2-5H2,1H3,(H,18,19). The molecule has 1 aromatic carbocycles. The van der Waals surface area contributed by atoms with Crippen molar-refractivity contribution in [1.82, 2.24) is 10.3 Å². The van der Waals surface area contributed by atoms with Gasteiger partial charge in [0.1, 0.15) is 0 Å². The smallest absolute Gasteiger partial charge is 0.408 e. The second-order valence-electron chi connectivity index (χ2n) is 6.14. The van der Waals surface area contributed by atoms with Crippen molar-refractivity contribution in [3.05, 3.63) is 34.3 Å². The third-order valence-electron chi connectivity index (χ3n) is 5.09. The number of hydrogen-bond donors (Lipinski definition) is 2. The molecule has 0 spiro atoms. The monoisotopic (exact) mass is 272 g/mol. The van der Waals surface area contributed by atoms with Crippen molar-refractivity contribution in [3.8, 4) is 0 Å². The highest BCUT2D eigenvalue weighted by atomic mass is 16.4. The van der Waals surface area contributed by atoms with E-state index in [2.05, 4.69) is 23.3 Å². The zero-order valence-electron chi connectivity index (χ0n) is 11.7. The van der Waals surface area contributed by atoms with E-state index in [4.69, 9.17) is 4.42 Å². The molecule has 1 aromatic heterocycles. The van der Waals surface area contributed by atoms with Gasteiger partial charge in [0, 0.05) is 6.04 Å². The number of aromatic nitrogens is 1. The van der Waals surface area contributed by atoms with E-state index in [1.807, 2.05) is 12.1 Å². The molecule has 0 bridgehead atoms. The summed E-state index contributed by atoms with van der Waals surface area (Å²) in [6.45, 7) is 3.12. The molecule has 106 valence electrons. The minimum atomic E-state index is -0.375. The Morgan fingerprint density at radius 1 is 1.40 bits per heavy atom. The number of H-pyrrole nitrogens is 1. The molecule has 3 atom stereocenters. The second-order valence-corrected chi connectivity index (χ2v) is 6.14. The van der Waals surface area contributed by atoms with Gasteiger partial charge in [-0.2, -0.15) is 0 Å². The predicted octanol–water partition coefficient (Wildman–Crippen LogP) is 2.82. The average Bonchev–Trinajstić information content (AvgIpc) is 2.79. The third kappa shape index (κ3) is 1.82. The van der Waals surface area contributed by atoms with Gasteiger partial charge in [-0.15, -0.1) is 0 Å². The van der Waals surface area contributed by atoms with Gasteiger partial charge in [-0.25, -0.2) is 4.79 Å². The van der Waals surface area contributed by atoms with E-state index < -0.39 is 0 Å². The molecule has 0 amide bonds. The van der Waals surface area contributed by atoms with Crippen molar-refractivity contribution in [3.63, 3.8) is 0 Å². The molecule has 4 rings (SSSR count). The Balaban J connectivity index is 1.68. The highest BCUT2D eigenvalue weighted by molar-refractivity contribution is 5.73. The highest BCUT2D eigenvalue weighted by Gasteiger charge is 2.55. The van der Waals surface area contributed by atoms with Gasteiger partial charge in [0.25, 0.3) is 0 Å². The Labute approximate surface area is 117 Å². The first-order valence-electron chi connectivity index (χ1n) is 7.64. The van der Waals surface area contributed by atoms with Crippen LogP contribution in [-0.4, -0.2) is 11.5 Å². The summed E-state index contributed by atoms with van der Waals surface area (Å²) in [7, 11) is 0. The molecule has 4 heteroatoms. The maximum atomic E-state index is 11.3. The molecular formula is C16H20N2O2. The van der Waals surface area contributed by atoms with Crippen molar-refractivity contribution in [2.75, 3.05) is 6.54 Å². The zero-order valence-corrected chi connectivity index (χ0v) is 11.7. The SMILES string of the molecule is CCNC(c1ccc2[nH]c(=O)oc2c1)C1C2CCCC21. The molecule has 20 heavy (non-hydrogen) atoms. The van der Waals surface area contributed by atoms with Crippen molar-refractivity contribution in [1.29, 1.82) is 0 Å². The van der Waals surface area contributed by atoms with Crippen LogP contribution in [0.5, 0.6) is 0 Å². The van der Waals surface area contributed by atoms with Gasteiger partial charge in [0.15, 0.2) is 5.58 Å². The Kier molecular flexibility index (Phi) is 2.74. The van der Waals surface area contributed by atoms with Gasteiger partial charge in [0.2, 0.25) is 0 Å². The summed E-state index contributed by atoms with van der Waals surface area (Å²) in [5.74, 6) is 2.22. The van der Waals surface area contributed by atoms with Crippen LogP contribution >= 0.6 is 0 Å². The quantitative estimate of drug-likeness (QED) is 0.899. The van der Waals surface area contributed by atoms with Crippen molar-refractivity contribution < 1.29 is 4.42 Å². The lowest BCUT2D eigenvalue weighted by Crippen LogP contribution is -2.24. The molecule has 0 saturated heterocycles. The summed E-state index contributed by atoms with van der Waals surface area (Å²) in [4.78, 5) is 14.0. The van der Waals surface area contributed by atoms with E-state index in [-0.39, 0.29) is 5.76 Å². The number of nitrogens with one attached hydrogen (secondary N) is 2. The van der Waals surface area contributed by atoms with E-state index in [1.54, 1.807) is 0 Å². The maximum absolute atomic E-state index is 11.3. The predicted molar refractivity (Wildman–Crippen MR) is 77.6 cm³/mol. The van der Waals surface area contributed by atoms with Gasteiger partial charge in [0.05, 0.1) is 5.52 Å². The summed E-state index contributed by atoms with van der Waals surface area (Å²) in [5.41, 5.74) is 2.70. The van der Waals surface area contributed by atoms with Gasteiger partial charge in [-0.1, -0.05) is 19.4 Å². The van der Waals surface area contributed by atoms with Crippen LogP contribution in [0.15, 0.2) is 27.4 Å². The first-order chi connectivity index (χ1) is 9.78. The summed E-state index contributed by atoms with van der Waals surface area (Å²) >= 11 is 0. The maximum Gasteiger partial charge on any atom is 0.417 e. The number of fused-ring (bicyclic) bond motifs is 2. The van der Waals surface area contributed by atoms with Gasteiger partial charge >= 0.3 is 5.76 Å². The van der Waals surface area contributed by atoms with Crippen molar-refractivity contribution >= 4 is 11.1 Å². The van der Waals surface area contributed by atoms with Gasteiger partial charge in [-0.05, 0) is 54.8 Å². The topological polar surface area (TPSA) is 58.0 Å². The average molecular weight is 272 g/mol. The van der Waals surface area contributed by atoms with E-state index in [0.717, 1.165) is 29.8 Å². The molecule has 0 radical (unpaired) electrons.